The van der Waals surface area contributed by atoms with E-state index in [1.165, 1.54) is 11.3 Å². The first kappa shape index (κ1) is 17.3. The maximum Gasteiger partial charge on any atom is 0.263 e. The van der Waals surface area contributed by atoms with Crippen LogP contribution in [0.15, 0.2) is 69.9 Å². The summed E-state index contributed by atoms with van der Waals surface area (Å²) in [6.45, 7) is 0. The van der Waals surface area contributed by atoms with Crippen LogP contribution in [0.2, 0.25) is 5.02 Å². The lowest BCUT2D eigenvalue weighted by atomic mass is 10.1. The van der Waals surface area contributed by atoms with Crippen LogP contribution >= 0.6 is 34.7 Å². The summed E-state index contributed by atoms with van der Waals surface area (Å²) in [5.74, 6) is 0.736. The quantitative estimate of drug-likeness (QED) is 0.331. The molecule has 3 nitrogen and oxygen atoms in total. The minimum absolute atomic E-state index is 0.00582. The minimum atomic E-state index is -0.00582. The Balaban J connectivity index is 1.71. The van der Waals surface area contributed by atoms with Crippen molar-refractivity contribution in [3.8, 4) is 11.1 Å². The Morgan fingerprint density at radius 3 is 2.58 bits per heavy atom. The highest BCUT2D eigenvalue weighted by Gasteiger charge is 2.15. The minimum Gasteiger partial charge on any atom is -0.290 e. The van der Waals surface area contributed by atoms with Gasteiger partial charge in [-0.25, -0.2) is 4.98 Å². The van der Waals surface area contributed by atoms with E-state index in [1.54, 1.807) is 23.4 Å². The van der Waals surface area contributed by atoms with Crippen molar-refractivity contribution in [1.82, 2.24) is 9.55 Å². The number of aromatic nitrogens is 2. The lowest BCUT2D eigenvalue weighted by Crippen LogP contribution is -2.19. The van der Waals surface area contributed by atoms with Crippen molar-refractivity contribution in [2.45, 2.75) is 10.9 Å². The lowest BCUT2D eigenvalue weighted by molar-refractivity contribution is 0.728. The van der Waals surface area contributed by atoms with Crippen molar-refractivity contribution in [2.75, 3.05) is 0 Å². The lowest BCUT2D eigenvalue weighted by Gasteiger charge is -2.08. The summed E-state index contributed by atoms with van der Waals surface area (Å²) in [6, 6.07) is 17.7. The van der Waals surface area contributed by atoms with Gasteiger partial charge in [-0.05, 0) is 23.3 Å². The first-order valence-corrected chi connectivity index (χ1v) is 10.3. The Morgan fingerprint density at radius 1 is 1.12 bits per heavy atom. The number of halogens is 1. The third kappa shape index (κ3) is 3.30. The predicted molar refractivity (Wildman–Crippen MR) is 111 cm³/mol. The van der Waals surface area contributed by atoms with Crippen molar-refractivity contribution < 1.29 is 0 Å². The van der Waals surface area contributed by atoms with Crippen LogP contribution < -0.4 is 5.56 Å². The van der Waals surface area contributed by atoms with E-state index >= 15 is 0 Å². The Morgan fingerprint density at radius 2 is 1.85 bits per heavy atom. The number of hydrogen-bond acceptors (Lipinski definition) is 4. The second-order valence-electron chi connectivity index (χ2n) is 5.87. The van der Waals surface area contributed by atoms with E-state index in [9.17, 15) is 4.79 Å². The van der Waals surface area contributed by atoms with E-state index in [-0.39, 0.29) is 5.56 Å². The van der Waals surface area contributed by atoms with Crippen LogP contribution in [0, 0.1) is 0 Å². The normalized spacial score (nSPS) is 11.2. The van der Waals surface area contributed by atoms with Crippen LogP contribution in [0.3, 0.4) is 0 Å². The van der Waals surface area contributed by atoms with Gasteiger partial charge in [0.05, 0.1) is 5.39 Å². The van der Waals surface area contributed by atoms with E-state index in [0.29, 0.717) is 5.39 Å². The molecule has 2 heterocycles. The SMILES string of the molecule is Cn1c(SCc2ccc(Cl)cc2)nc2scc(-c3ccccc3)c2c1=O. The fraction of sp³-hybridized carbons (Fsp3) is 0.100. The van der Waals surface area contributed by atoms with Crippen molar-refractivity contribution in [2.24, 2.45) is 7.05 Å². The average Bonchev–Trinajstić information content (AvgIpc) is 3.09. The highest BCUT2D eigenvalue weighted by atomic mass is 35.5. The number of benzene rings is 2. The third-order valence-corrected chi connectivity index (χ3v) is 6.37. The second kappa shape index (κ2) is 7.27. The van der Waals surface area contributed by atoms with Crippen molar-refractivity contribution in [3.05, 3.63) is 80.9 Å². The highest BCUT2D eigenvalue weighted by Crippen LogP contribution is 2.32. The van der Waals surface area contributed by atoms with Crippen molar-refractivity contribution in [1.29, 1.82) is 0 Å². The molecule has 0 N–H and O–H groups in total. The van der Waals surface area contributed by atoms with E-state index in [1.807, 2.05) is 60.0 Å². The summed E-state index contributed by atoms with van der Waals surface area (Å²) in [6.07, 6.45) is 0. The number of thioether (sulfide) groups is 1. The summed E-state index contributed by atoms with van der Waals surface area (Å²) in [5, 5.41) is 4.15. The Hall–Kier alpha value is -2.08. The van der Waals surface area contributed by atoms with E-state index in [2.05, 4.69) is 0 Å². The third-order valence-electron chi connectivity index (χ3n) is 4.14. The molecule has 4 rings (SSSR count). The van der Waals surface area contributed by atoms with Gasteiger partial charge in [0, 0.05) is 28.8 Å². The Kier molecular flexibility index (Phi) is 4.85. The van der Waals surface area contributed by atoms with Gasteiger partial charge >= 0.3 is 0 Å². The molecule has 0 bridgehead atoms. The highest BCUT2D eigenvalue weighted by molar-refractivity contribution is 7.98. The molecule has 0 amide bonds. The molecular weight excluding hydrogens is 384 g/mol. The molecule has 26 heavy (non-hydrogen) atoms. The zero-order valence-electron chi connectivity index (χ0n) is 14.0. The molecule has 0 atom stereocenters. The van der Waals surface area contributed by atoms with Crippen LogP contribution in [0.5, 0.6) is 0 Å². The maximum atomic E-state index is 13.0. The van der Waals surface area contributed by atoms with Crippen LogP contribution in [-0.2, 0) is 12.8 Å². The number of thiophene rings is 1. The van der Waals surface area contributed by atoms with E-state index < -0.39 is 0 Å². The summed E-state index contributed by atoms with van der Waals surface area (Å²) >= 11 is 9.00. The number of nitrogens with zero attached hydrogens (tertiary/aromatic N) is 2. The summed E-state index contributed by atoms with van der Waals surface area (Å²) in [5.41, 5.74) is 3.13. The molecule has 0 saturated carbocycles. The molecule has 130 valence electrons. The van der Waals surface area contributed by atoms with Crippen LogP contribution in [0.25, 0.3) is 21.3 Å². The maximum absolute atomic E-state index is 13.0. The molecule has 0 fully saturated rings. The molecule has 0 aliphatic heterocycles. The van der Waals surface area contributed by atoms with Gasteiger partial charge in [-0.3, -0.25) is 9.36 Å². The standard InChI is InChI=1S/C20H15ClN2OS2/c1-23-19(24)17-16(14-5-3-2-4-6-14)12-25-18(17)22-20(23)26-11-13-7-9-15(21)10-8-13/h2-10,12H,11H2,1H3. The zero-order valence-corrected chi connectivity index (χ0v) is 16.4. The van der Waals surface area contributed by atoms with Crippen LogP contribution in [0.4, 0.5) is 0 Å². The van der Waals surface area contributed by atoms with Gasteiger partial charge in [0.2, 0.25) is 0 Å². The van der Waals surface area contributed by atoms with Gasteiger partial charge in [0.1, 0.15) is 4.83 Å². The summed E-state index contributed by atoms with van der Waals surface area (Å²) < 4.78 is 1.64. The fourth-order valence-corrected chi connectivity index (χ4v) is 4.78. The Labute approximate surface area is 164 Å². The molecule has 0 unspecified atom stereocenters. The molecule has 6 heteroatoms. The van der Waals surface area contributed by atoms with E-state index in [0.717, 1.165) is 37.5 Å². The number of rotatable bonds is 4. The molecule has 4 aromatic rings. The molecule has 0 radical (unpaired) electrons. The molecule has 0 aliphatic carbocycles. The smallest absolute Gasteiger partial charge is 0.263 e. The molecular formula is C20H15ClN2OS2. The van der Waals surface area contributed by atoms with Gasteiger partial charge in [0.15, 0.2) is 5.16 Å². The molecule has 0 aliphatic rings. The van der Waals surface area contributed by atoms with Gasteiger partial charge in [-0.1, -0.05) is 65.8 Å². The van der Waals surface area contributed by atoms with Gasteiger partial charge in [-0.15, -0.1) is 11.3 Å². The molecule has 2 aromatic carbocycles. The van der Waals surface area contributed by atoms with Crippen LogP contribution in [-0.4, -0.2) is 9.55 Å². The van der Waals surface area contributed by atoms with Crippen molar-refractivity contribution >= 4 is 44.9 Å². The topological polar surface area (TPSA) is 34.9 Å². The fourth-order valence-electron chi connectivity index (χ4n) is 2.74. The molecule has 2 aromatic heterocycles. The predicted octanol–water partition coefficient (Wildman–Crippen LogP) is 5.61. The summed E-state index contributed by atoms with van der Waals surface area (Å²) in [7, 11) is 1.78. The molecule has 0 saturated heterocycles. The van der Waals surface area contributed by atoms with E-state index in [4.69, 9.17) is 16.6 Å². The summed E-state index contributed by atoms with van der Waals surface area (Å²) in [4.78, 5) is 18.5. The first-order valence-electron chi connectivity index (χ1n) is 8.04. The van der Waals surface area contributed by atoms with Crippen LogP contribution in [0.1, 0.15) is 5.56 Å². The van der Waals surface area contributed by atoms with Gasteiger partial charge in [0.25, 0.3) is 5.56 Å². The number of fused-ring (bicyclic) bond motifs is 1. The largest absolute Gasteiger partial charge is 0.290 e. The number of hydrogen-bond donors (Lipinski definition) is 0. The zero-order chi connectivity index (χ0) is 18.1. The monoisotopic (exact) mass is 398 g/mol. The first-order chi connectivity index (χ1) is 12.6. The van der Waals surface area contributed by atoms with Crippen molar-refractivity contribution in [3.63, 3.8) is 0 Å². The molecule has 0 spiro atoms. The van der Waals surface area contributed by atoms with Gasteiger partial charge in [-0.2, -0.15) is 0 Å². The second-order valence-corrected chi connectivity index (χ2v) is 8.11. The van der Waals surface area contributed by atoms with Gasteiger partial charge < -0.3 is 0 Å². The average molecular weight is 399 g/mol. The Bertz CT molecular complexity index is 1120.